The summed E-state index contributed by atoms with van der Waals surface area (Å²) in [6.07, 6.45) is 3.59. The molecule has 0 aromatic heterocycles. The van der Waals surface area contributed by atoms with Gasteiger partial charge in [-0.25, -0.2) is 13.2 Å². The first-order chi connectivity index (χ1) is 14.8. The Bertz CT molecular complexity index is 989. The number of imide groups is 2. The SMILES string of the molecule is CC1CCCCC1N1C(=O)C(=O)N(Cc2cccc(S(=O)(=O)N3CCOCC3)c2)C1=O. The third-order valence-electron chi connectivity index (χ3n) is 6.33. The molecule has 31 heavy (non-hydrogen) atoms. The average Bonchev–Trinajstić information content (AvgIpc) is 2.98. The van der Waals surface area contributed by atoms with Gasteiger partial charge in [-0.15, -0.1) is 0 Å². The molecule has 168 valence electrons. The predicted octanol–water partition coefficient (Wildman–Crippen LogP) is 1.58. The van der Waals surface area contributed by atoms with Crippen LogP contribution >= 0.6 is 0 Å². The van der Waals surface area contributed by atoms with Crippen molar-refractivity contribution in [2.75, 3.05) is 26.3 Å². The zero-order chi connectivity index (χ0) is 22.2. The van der Waals surface area contributed by atoms with E-state index < -0.39 is 27.9 Å². The fourth-order valence-electron chi connectivity index (χ4n) is 4.56. The molecule has 4 rings (SSSR count). The quantitative estimate of drug-likeness (QED) is 0.499. The van der Waals surface area contributed by atoms with E-state index in [1.54, 1.807) is 12.1 Å². The third-order valence-corrected chi connectivity index (χ3v) is 8.22. The van der Waals surface area contributed by atoms with Gasteiger partial charge in [-0.2, -0.15) is 4.31 Å². The topological polar surface area (TPSA) is 104 Å². The van der Waals surface area contributed by atoms with Crippen LogP contribution in [0.4, 0.5) is 4.79 Å². The van der Waals surface area contributed by atoms with Crippen LogP contribution in [0.1, 0.15) is 38.2 Å². The maximum Gasteiger partial charge on any atom is 0.334 e. The van der Waals surface area contributed by atoms with Gasteiger partial charge in [-0.1, -0.05) is 31.9 Å². The number of morpholine rings is 1. The lowest BCUT2D eigenvalue weighted by Gasteiger charge is -2.34. The van der Waals surface area contributed by atoms with Crippen molar-refractivity contribution in [3.8, 4) is 0 Å². The lowest BCUT2D eigenvalue weighted by atomic mass is 9.85. The smallest absolute Gasteiger partial charge is 0.334 e. The molecule has 10 heteroatoms. The maximum absolute atomic E-state index is 13.0. The number of rotatable bonds is 5. The van der Waals surface area contributed by atoms with Crippen molar-refractivity contribution < 1.29 is 27.5 Å². The largest absolute Gasteiger partial charge is 0.379 e. The van der Waals surface area contributed by atoms with E-state index in [9.17, 15) is 22.8 Å². The van der Waals surface area contributed by atoms with Crippen molar-refractivity contribution in [2.24, 2.45) is 5.92 Å². The van der Waals surface area contributed by atoms with E-state index in [2.05, 4.69) is 0 Å². The van der Waals surface area contributed by atoms with Crippen LogP contribution in [0.15, 0.2) is 29.2 Å². The molecular weight excluding hydrogens is 422 g/mol. The van der Waals surface area contributed by atoms with Crippen LogP contribution in [0.25, 0.3) is 0 Å². The number of hydrogen-bond donors (Lipinski definition) is 0. The first-order valence-corrected chi connectivity index (χ1v) is 12.1. The Morgan fingerprint density at radius 2 is 1.74 bits per heavy atom. The van der Waals surface area contributed by atoms with Crippen LogP contribution in [0.3, 0.4) is 0 Å². The van der Waals surface area contributed by atoms with Gasteiger partial charge in [0.15, 0.2) is 0 Å². The van der Waals surface area contributed by atoms with Crippen molar-refractivity contribution >= 4 is 27.9 Å². The van der Waals surface area contributed by atoms with Crippen LogP contribution in [-0.4, -0.2) is 72.7 Å². The van der Waals surface area contributed by atoms with E-state index in [4.69, 9.17) is 4.74 Å². The van der Waals surface area contributed by atoms with E-state index >= 15 is 0 Å². The number of carbonyl (C=O) groups is 3. The Hall–Kier alpha value is -2.30. The summed E-state index contributed by atoms with van der Waals surface area (Å²) in [5.74, 6) is -1.50. The Kier molecular flexibility index (Phi) is 6.14. The number of amides is 4. The summed E-state index contributed by atoms with van der Waals surface area (Å²) in [6, 6.07) is 5.29. The lowest BCUT2D eigenvalue weighted by Crippen LogP contribution is -2.46. The maximum atomic E-state index is 13.0. The van der Waals surface area contributed by atoms with Crippen molar-refractivity contribution in [1.82, 2.24) is 14.1 Å². The molecular formula is C21H27N3O6S. The molecule has 9 nitrogen and oxygen atoms in total. The minimum atomic E-state index is -3.70. The molecule has 2 saturated heterocycles. The van der Waals surface area contributed by atoms with Crippen LogP contribution in [0.5, 0.6) is 0 Å². The standard InChI is InChI=1S/C21H27N3O6S/c1-15-5-2-3-8-18(15)24-20(26)19(25)23(21(24)27)14-16-6-4-7-17(13-16)31(28,29)22-9-11-30-12-10-22/h4,6-7,13,15,18H,2-3,5,8-12,14H2,1H3. The molecule has 4 amide bonds. The van der Waals surface area contributed by atoms with E-state index in [0.29, 0.717) is 25.2 Å². The summed E-state index contributed by atoms with van der Waals surface area (Å²) in [7, 11) is -3.70. The van der Waals surface area contributed by atoms with E-state index in [1.807, 2.05) is 6.92 Å². The number of sulfonamides is 1. The molecule has 2 heterocycles. The molecule has 1 saturated carbocycles. The molecule has 3 aliphatic rings. The van der Waals surface area contributed by atoms with Crippen LogP contribution in [0.2, 0.25) is 0 Å². The van der Waals surface area contributed by atoms with Crippen molar-refractivity contribution in [3.05, 3.63) is 29.8 Å². The minimum Gasteiger partial charge on any atom is -0.379 e. The highest BCUT2D eigenvalue weighted by molar-refractivity contribution is 7.89. The van der Waals surface area contributed by atoms with Crippen molar-refractivity contribution in [2.45, 2.75) is 50.1 Å². The molecule has 1 aromatic carbocycles. The van der Waals surface area contributed by atoms with E-state index in [-0.39, 0.29) is 36.5 Å². The molecule has 2 unspecified atom stereocenters. The second kappa shape index (κ2) is 8.68. The fourth-order valence-corrected chi connectivity index (χ4v) is 6.04. The second-order valence-corrected chi connectivity index (χ2v) is 10.3. The Morgan fingerprint density at radius 3 is 2.45 bits per heavy atom. The number of urea groups is 1. The number of ether oxygens (including phenoxy) is 1. The molecule has 1 aromatic rings. The number of hydrogen-bond acceptors (Lipinski definition) is 6. The fraction of sp³-hybridized carbons (Fsp3) is 0.571. The molecule has 3 fully saturated rings. The van der Waals surface area contributed by atoms with Crippen molar-refractivity contribution in [1.29, 1.82) is 0 Å². The van der Waals surface area contributed by atoms with Gasteiger partial charge in [0.1, 0.15) is 0 Å². The third kappa shape index (κ3) is 4.11. The highest BCUT2D eigenvalue weighted by Crippen LogP contribution is 2.31. The summed E-state index contributed by atoms with van der Waals surface area (Å²) >= 11 is 0. The van der Waals surface area contributed by atoms with Gasteiger partial charge in [-0.05, 0) is 36.5 Å². The minimum absolute atomic E-state index is 0.0927. The monoisotopic (exact) mass is 449 g/mol. The predicted molar refractivity (Wildman–Crippen MR) is 110 cm³/mol. The molecule has 0 radical (unpaired) electrons. The van der Waals surface area contributed by atoms with Crippen LogP contribution in [-0.2, 0) is 30.9 Å². The highest BCUT2D eigenvalue weighted by atomic mass is 32.2. The molecule has 2 aliphatic heterocycles. The molecule has 0 spiro atoms. The Balaban J connectivity index is 1.54. The Morgan fingerprint density at radius 1 is 1.03 bits per heavy atom. The van der Waals surface area contributed by atoms with Gasteiger partial charge in [0, 0.05) is 19.1 Å². The van der Waals surface area contributed by atoms with Gasteiger partial charge in [-0.3, -0.25) is 19.4 Å². The summed E-state index contributed by atoms with van der Waals surface area (Å²) in [4.78, 5) is 40.3. The highest BCUT2D eigenvalue weighted by Gasteiger charge is 2.49. The summed E-state index contributed by atoms with van der Waals surface area (Å²) in [6.45, 7) is 3.09. The van der Waals surface area contributed by atoms with Gasteiger partial charge >= 0.3 is 17.8 Å². The number of benzene rings is 1. The van der Waals surface area contributed by atoms with Crippen LogP contribution in [0, 0.1) is 5.92 Å². The molecule has 2 atom stereocenters. The second-order valence-electron chi connectivity index (χ2n) is 8.34. The summed E-state index contributed by atoms with van der Waals surface area (Å²) in [5.41, 5.74) is 0.474. The van der Waals surface area contributed by atoms with E-state index in [0.717, 1.165) is 29.1 Å². The number of nitrogens with zero attached hydrogens (tertiary/aromatic N) is 3. The van der Waals surface area contributed by atoms with E-state index in [1.165, 1.54) is 16.4 Å². The zero-order valence-corrected chi connectivity index (χ0v) is 18.3. The Labute approximate surface area is 182 Å². The van der Waals surface area contributed by atoms with Crippen LogP contribution < -0.4 is 0 Å². The number of carbonyl (C=O) groups excluding carboxylic acids is 3. The summed E-state index contributed by atoms with van der Waals surface area (Å²) < 4.78 is 32.4. The first kappa shape index (κ1) is 21.9. The molecule has 0 bridgehead atoms. The molecule has 0 N–H and O–H groups in total. The van der Waals surface area contributed by atoms with Gasteiger partial charge in [0.25, 0.3) is 0 Å². The van der Waals surface area contributed by atoms with Gasteiger partial charge in [0.2, 0.25) is 10.0 Å². The average molecular weight is 450 g/mol. The molecule has 1 aliphatic carbocycles. The zero-order valence-electron chi connectivity index (χ0n) is 17.5. The van der Waals surface area contributed by atoms with Gasteiger partial charge in [0.05, 0.1) is 24.7 Å². The lowest BCUT2D eigenvalue weighted by molar-refractivity contribution is -0.144. The van der Waals surface area contributed by atoms with Gasteiger partial charge < -0.3 is 4.74 Å². The first-order valence-electron chi connectivity index (χ1n) is 10.7. The van der Waals surface area contributed by atoms with Crippen molar-refractivity contribution in [3.63, 3.8) is 0 Å². The normalized spacial score (nSPS) is 26.0. The summed E-state index contributed by atoms with van der Waals surface area (Å²) in [5, 5.41) is 0.